The van der Waals surface area contributed by atoms with Crippen LogP contribution in [0, 0.1) is 11.2 Å². The van der Waals surface area contributed by atoms with Crippen molar-refractivity contribution in [1.82, 2.24) is 14.1 Å². The molecule has 1 saturated heterocycles. The first kappa shape index (κ1) is 25.8. The molecule has 2 atom stereocenters. The molecule has 0 saturated carbocycles. The summed E-state index contributed by atoms with van der Waals surface area (Å²) >= 11 is 1.34. The van der Waals surface area contributed by atoms with E-state index in [9.17, 15) is 26.6 Å². The van der Waals surface area contributed by atoms with Crippen LogP contribution >= 0.6 is 11.3 Å². The summed E-state index contributed by atoms with van der Waals surface area (Å²) in [6, 6.07) is 13.9. The molecule has 2 aromatic carbocycles. The van der Waals surface area contributed by atoms with E-state index in [1.807, 2.05) is 11.5 Å². The Bertz CT molecular complexity index is 1590. The number of aromatic nitrogens is 2. The van der Waals surface area contributed by atoms with Gasteiger partial charge in [-0.15, -0.1) is 11.3 Å². The van der Waals surface area contributed by atoms with Crippen LogP contribution in [0.25, 0.3) is 11.8 Å². The minimum absolute atomic E-state index is 0.0851. The van der Waals surface area contributed by atoms with Crippen molar-refractivity contribution >= 4 is 34.2 Å². The van der Waals surface area contributed by atoms with Crippen LogP contribution in [-0.2, 0) is 23.6 Å². The van der Waals surface area contributed by atoms with E-state index in [0.717, 1.165) is 29.0 Å². The number of piperidine rings is 1. The van der Waals surface area contributed by atoms with Crippen molar-refractivity contribution in [3.63, 3.8) is 0 Å². The van der Waals surface area contributed by atoms with Crippen molar-refractivity contribution in [3.05, 3.63) is 105 Å². The molecule has 2 aliphatic rings. The molecule has 1 aliphatic heterocycles. The summed E-state index contributed by atoms with van der Waals surface area (Å²) in [5.74, 6) is -0.440. The minimum Gasteiger partial charge on any atom is -0.292 e. The number of ketones is 1. The van der Waals surface area contributed by atoms with E-state index in [-0.39, 0.29) is 23.0 Å². The van der Waals surface area contributed by atoms with Crippen LogP contribution in [-0.4, -0.2) is 37.2 Å². The van der Waals surface area contributed by atoms with Gasteiger partial charge in [-0.05, 0) is 84.5 Å². The van der Waals surface area contributed by atoms with Crippen molar-refractivity contribution in [1.29, 1.82) is 0 Å². The van der Waals surface area contributed by atoms with Gasteiger partial charge in [-0.25, -0.2) is 17.6 Å². The standard InChI is InChI=1S/C28H21F4N3O2S2/c29-21-5-7-22(8-6-21)35-24-14-20-11-12-34(39(37)23-9-3-19(4-10-23)28(30,31)32)17-27(20,15-18(24)16-33-35)26(36)25-2-1-13-38-25/h1-10,13-14,16H,11-12,15,17H2. The lowest BCUT2D eigenvalue weighted by molar-refractivity contribution is -0.137. The number of nitrogens with zero attached hydrogens (tertiary/aromatic N) is 3. The summed E-state index contributed by atoms with van der Waals surface area (Å²) < 4.78 is 69.5. The number of alkyl halides is 3. The van der Waals surface area contributed by atoms with Crippen molar-refractivity contribution in [2.24, 2.45) is 5.41 Å². The number of halogens is 4. The van der Waals surface area contributed by atoms with Crippen molar-refractivity contribution < 1.29 is 26.6 Å². The Balaban J connectivity index is 1.37. The topological polar surface area (TPSA) is 55.2 Å². The smallest absolute Gasteiger partial charge is 0.292 e. The molecular weight excluding hydrogens is 550 g/mol. The van der Waals surface area contributed by atoms with Gasteiger partial charge in [0.1, 0.15) is 16.8 Å². The van der Waals surface area contributed by atoms with E-state index < -0.39 is 28.1 Å². The molecule has 3 heterocycles. The first-order valence-electron chi connectivity index (χ1n) is 12.1. The molecule has 200 valence electrons. The maximum absolute atomic E-state index is 14.1. The van der Waals surface area contributed by atoms with Crippen LogP contribution in [0.4, 0.5) is 17.6 Å². The summed E-state index contributed by atoms with van der Waals surface area (Å²) in [6.07, 6.45) is -0.0647. The predicted octanol–water partition coefficient (Wildman–Crippen LogP) is 6.33. The third-order valence-corrected chi connectivity index (χ3v) is 9.57. The van der Waals surface area contributed by atoms with Gasteiger partial charge in [0.05, 0.1) is 38.3 Å². The van der Waals surface area contributed by atoms with Gasteiger partial charge in [0, 0.05) is 13.1 Å². The zero-order chi connectivity index (χ0) is 27.4. The number of fused-ring (bicyclic) bond motifs is 2. The molecule has 1 aliphatic carbocycles. The summed E-state index contributed by atoms with van der Waals surface area (Å²) in [5.41, 5.74) is 1.40. The molecule has 0 radical (unpaired) electrons. The number of hydrogen-bond donors (Lipinski definition) is 0. The lowest BCUT2D eigenvalue weighted by Crippen LogP contribution is -2.51. The fourth-order valence-electron chi connectivity index (χ4n) is 5.30. The van der Waals surface area contributed by atoms with E-state index in [0.29, 0.717) is 30.0 Å². The second kappa shape index (κ2) is 9.65. The SMILES string of the molecule is O=C(c1cccs1)C12Cc3cnn(-c4ccc(F)cc4)c3C=C1CCN(S(=O)c1ccc(C(F)(F)F)cc1)C2. The molecule has 11 heteroatoms. The Morgan fingerprint density at radius 1 is 1.05 bits per heavy atom. The predicted molar refractivity (Wildman–Crippen MR) is 140 cm³/mol. The molecule has 0 N–H and O–H groups in total. The highest BCUT2D eigenvalue weighted by Crippen LogP contribution is 2.47. The Labute approximate surface area is 228 Å². The van der Waals surface area contributed by atoms with Gasteiger partial charge in [0.2, 0.25) is 0 Å². The van der Waals surface area contributed by atoms with Crippen molar-refractivity contribution in [3.8, 4) is 5.69 Å². The average Bonchev–Trinajstić information content (AvgIpc) is 3.61. The highest BCUT2D eigenvalue weighted by Gasteiger charge is 2.50. The molecule has 0 spiro atoms. The molecule has 2 unspecified atom stereocenters. The zero-order valence-corrected chi connectivity index (χ0v) is 22.0. The van der Waals surface area contributed by atoms with Gasteiger partial charge in [-0.3, -0.25) is 4.79 Å². The number of carbonyl (C=O) groups is 1. The number of benzene rings is 2. The Morgan fingerprint density at radius 3 is 2.46 bits per heavy atom. The molecule has 2 aromatic heterocycles. The highest BCUT2D eigenvalue weighted by atomic mass is 32.2. The Hall–Kier alpha value is -3.41. The highest BCUT2D eigenvalue weighted by molar-refractivity contribution is 7.82. The minimum atomic E-state index is -4.49. The van der Waals surface area contributed by atoms with E-state index in [2.05, 4.69) is 5.10 Å². The fraction of sp³-hybridized carbons (Fsp3) is 0.214. The average molecular weight is 572 g/mol. The fourth-order valence-corrected chi connectivity index (χ4v) is 7.32. The van der Waals surface area contributed by atoms with Crippen LogP contribution in [0.2, 0.25) is 0 Å². The third-order valence-electron chi connectivity index (χ3n) is 7.25. The second-order valence-electron chi connectivity index (χ2n) is 9.56. The van der Waals surface area contributed by atoms with E-state index in [4.69, 9.17) is 0 Å². The molecule has 1 fully saturated rings. The van der Waals surface area contributed by atoms with Crippen molar-refractivity contribution in [2.45, 2.75) is 23.9 Å². The van der Waals surface area contributed by atoms with Crippen LogP contribution in [0.1, 0.15) is 32.9 Å². The second-order valence-corrected chi connectivity index (χ2v) is 12.0. The lowest BCUT2D eigenvalue weighted by atomic mass is 9.66. The summed E-state index contributed by atoms with van der Waals surface area (Å²) in [7, 11) is -1.76. The summed E-state index contributed by atoms with van der Waals surface area (Å²) in [5, 5.41) is 6.34. The summed E-state index contributed by atoms with van der Waals surface area (Å²) in [6.45, 7) is 0.503. The number of carbonyl (C=O) groups excluding carboxylic acids is 1. The Morgan fingerprint density at radius 2 is 1.79 bits per heavy atom. The quantitative estimate of drug-likeness (QED) is 0.208. The maximum atomic E-state index is 14.1. The van der Waals surface area contributed by atoms with E-state index in [1.165, 1.54) is 35.6 Å². The summed E-state index contributed by atoms with van der Waals surface area (Å²) in [4.78, 5) is 14.9. The molecule has 6 rings (SSSR count). The van der Waals surface area contributed by atoms with Gasteiger partial charge in [0.25, 0.3) is 0 Å². The molecule has 5 nitrogen and oxygen atoms in total. The van der Waals surface area contributed by atoms with Crippen LogP contribution in [0.3, 0.4) is 0 Å². The molecule has 0 amide bonds. The van der Waals surface area contributed by atoms with Gasteiger partial charge < -0.3 is 0 Å². The number of rotatable bonds is 5. The van der Waals surface area contributed by atoms with Gasteiger partial charge >= 0.3 is 6.18 Å². The van der Waals surface area contributed by atoms with E-state index in [1.54, 1.807) is 39.4 Å². The normalized spacial score (nSPS) is 20.2. The van der Waals surface area contributed by atoms with Crippen LogP contribution in [0.5, 0.6) is 0 Å². The van der Waals surface area contributed by atoms with Crippen LogP contribution in [0.15, 0.2) is 82.7 Å². The first-order valence-corrected chi connectivity index (χ1v) is 14.1. The monoisotopic (exact) mass is 571 g/mol. The van der Waals surface area contributed by atoms with Gasteiger partial charge in [-0.2, -0.15) is 18.3 Å². The third kappa shape index (κ3) is 4.58. The van der Waals surface area contributed by atoms with Gasteiger partial charge in [0.15, 0.2) is 5.78 Å². The van der Waals surface area contributed by atoms with E-state index >= 15 is 0 Å². The molecule has 4 aromatic rings. The molecule has 0 bridgehead atoms. The largest absolute Gasteiger partial charge is 0.416 e. The maximum Gasteiger partial charge on any atom is 0.416 e. The zero-order valence-electron chi connectivity index (χ0n) is 20.3. The van der Waals surface area contributed by atoms with Gasteiger partial charge in [-0.1, -0.05) is 11.6 Å². The number of thiophene rings is 1. The number of Topliss-reactive ketones (excluding diaryl/α,β-unsaturated/α-hetero) is 1. The molecule has 39 heavy (non-hydrogen) atoms. The lowest BCUT2D eigenvalue weighted by Gasteiger charge is -2.44. The first-order chi connectivity index (χ1) is 18.7. The number of hydrogen-bond acceptors (Lipinski definition) is 4. The molecular formula is C28H21F4N3O2S2. The Kier molecular flexibility index (Phi) is 6.40. The van der Waals surface area contributed by atoms with Crippen LogP contribution < -0.4 is 0 Å². The van der Waals surface area contributed by atoms with Crippen molar-refractivity contribution in [2.75, 3.05) is 13.1 Å².